The molecule has 0 saturated heterocycles. The summed E-state index contributed by atoms with van der Waals surface area (Å²) in [6, 6.07) is 8.34. The number of aryl methyl sites for hydroxylation is 1. The molecule has 12 heavy (non-hydrogen) atoms. The van der Waals surface area contributed by atoms with Crippen LogP contribution in [0.3, 0.4) is 0 Å². The van der Waals surface area contributed by atoms with Crippen molar-refractivity contribution >= 4 is 5.71 Å². The molecular weight excluding hydrogens is 150 g/mol. The molecule has 0 saturated carbocycles. The molecule has 0 heterocycles. The topological polar surface area (TPSA) is 21.6 Å². The van der Waals surface area contributed by atoms with E-state index >= 15 is 0 Å². The summed E-state index contributed by atoms with van der Waals surface area (Å²) in [6.45, 7) is 0. The van der Waals surface area contributed by atoms with Crippen molar-refractivity contribution in [2.45, 2.75) is 12.8 Å². The van der Waals surface area contributed by atoms with Gasteiger partial charge in [0.15, 0.2) is 0 Å². The van der Waals surface area contributed by atoms with Crippen LogP contribution in [-0.4, -0.2) is 12.8 Å². The van der Waals surface area contributed by atoms with E-state index in [4.69, 9.17) is 4.84 Å². The fraction of sp³-hybridized carbons (Fsp3) is 0.300. The van der Waals surface area contributed by atoms with Crippen molar-refractivity contribution in [2.75, 3.05) is 7.11 Å². The lowest BCUT2D eigenvalue weighted by Crippen LogP contribution is -1.94. The average molecular weight is 161 g/mol. The van der Waals surface area contributed by atoms with Crippen LogP contribution in [0.4, 0.5) is 0 Å². The molecule has 1 aromatic rings. The molecule has 0 radical (unpaired) electrons. The minimum absolute atomic E-state index is 1.01. The number of rotatable bonds is 1. The quantitative estimate of drug-likeness (QED) is 0.577. The zero-order valence-electron chi connectivity index (χ0n) is 7.08. The van der Waals surface area contributed by atoms with Gasteiger partial charge < -0.3 is 4.84 Å². The Hall–Kier alpha value is -1.31. The molecule has 0 amide bonds. The van der Waals surface area contributed by atoms with E-state index < -0.39 is 0 Å². The van der Waals surface area contributed by atoms with Gasteiger partial charge in [-0.15, -0.1) is 0 Å². The Morgan fingerprint density at radius 1 is 1.25 bits per heavy atom. The number of benzene rings is 1. The Morgan fingerprint density at radius 3 is 2.92 bits per heavy atom. The van der Waals surface area contributed by atoms with Gasteiger partial charge in [-0.2, -0.15) is 0 Å². The first-order chi connectivity index (χ1) is 5.92. The van der Waals surface area contributed by atoms with Crippen LogP contribution in [0.15, 0.2) is 29.4 Å². The van der Waals surface area contributed by atoms with E-state index in [1.165, 1.54) is 11.1 Å². The lowest BCUT2D eigenvalue weighted by Gasteiger charge is -1.97. The summed E-state index contributed by atoms with van der Waals surface area (Å²) < 4.78 is 0. The van der Waals surface area contributed by atoms with Crippen LogP contribution < -0.4 is 0 Å². The summed E-state index contributed by atoms with van der Waals surface area (Å²) in [5.41, 5.74) is 3.71. The molecule has 2 heteroatoms. The summed E-state index contributed by atoms with van der Waals surface area (Å²) in [5.74, 6) is 0. The number of fused-ring (bicyclic) bond motifs is 1. The SMILES string of the molecule is CO/N=C1\CCc2ccccc21. The second-order valence-corrected chi connectivity index (χ2v) is 2.88. The van der Waals surface area contributed by atoms with E-state index in [0.29, 0.717) is 0 Å². The van der Waals surface area contributed by atoms with Crippen molar-refractivity contribution in [3.05, 3.63) is 35.4 Å². The highest BCUT2D eigenvalue weighted by molar-refractivity contribution is 6.04. The van der Waals surface area contributed by atoms with Crippen LogP contribution in [0.25, 0.3) is 0 Å². The number of hydrogen-bond acceptors (Lipinski definition) is 2. The number of oxime groups is 1. The smallest absolute Gasteiger partial charge is 0.106 e. The first kappa shape index (κ1) is 7.35. The Kier molecular flexibility index (Phi) is 1.82. The third kappa shape index (κ3) is 1.09. The Labute approximate surface area is 71.8 Å². The molecular formula is C10H11NO. The highest BCUT2D eigenvalue weighted by Gasteiger charge is 2.16. The third-order valence-corrected chi connectivity index (χ3v) is 2.16. The van der Waals surface area contributed by atoms with Gasteiger partial charge in [0.05, 0.1) is 5.71 Å². The zero-order valence-corrected chi connectivity index (χ0v) is 7.08. The van der Waals surface area contributed by atoms with Gasteiger partial charge in [0.2, 0.25) is 0 Å². The van der Waals surface area contributed by atoms with E-state index in [0.717, 1.165) is 18.6 Å². The minimum Gasteiger partial charge on any atom is -0.399 e. The fourth-order valence-corrected chi connectivity index (χ4v) is 1.61. The van der Waals surface area contributed by atoms with Crippen LogP contribution in [0.1, 0.15) is 17.5 Å². The Bertz CT molecular complexity index is 317. The molecule has 0 fully saturated rings. The molecule has 0 spiro atoms. The van der Waals surface area contributed by atoms with Crippen molar-refractivity contribution in [1.29, 1.82) is 0 Å². The Morgan fingerprint density at radius 2 is 2.08 bits per heavy atom. The second-order valence-electron chi connectivity index (χ2n) is 2.88. The highest BCUT2D eigenvalue weighted by atomic mass is 16.6. The van der Waals surface area contributed by atoms with Gasteiger partial charge >= 0.3 is 0 Å². The van der Waals surface area contributed by atoms with Gasteiger partial charge in [-0.25, -0.2) is 0 Å². The first-order valence-electron chi connectivity index (χ1n) is 4.10. The average Bonchev–Trinajstić information content (AvgIpc) is 2.50. The maximum Gasteiger partial charge on any atom is 0.106 e. The maximum absolute atomic E-state index is 4.77. The lowest BCUT2D eigenvalue weighted by atomic mass is 10.1. The van der Waals surface area contributed by atoms with Crippen molar-refractivity contribution in [3.63, 3.8) is 0 Å². The molecule has 1 aliphatic rings. The summed E-state index contributed by atoms with van der Waals surface area (Å²) in [7, 11) is 1.59. The van der Waals surface area contributed by atoms with Crippen LogP contribution >= 0.6 is 0 Å². The minimum atomic E-state index is 1.01. The molecule has 0 aliphatic heterocycles. The van der Waals surface area contributed by atoms with Crippen molar-refractivity contribution < 1.29 is 4.84 Å². The number of nitrogens with zero attached hydrogens (tertiary/aromatic N) is 1. The van der Waals surface area contributed by atoms with Gasteiger partial charge in [0.25, 0.3) is 0 Å². The largest absolute Gasteiger partial charge is 0.399 e. The van der Waals surface area contributed by atoms with Crippen LogP contribution in [0, 0.1) is 0 Å². The number of hydrogen-bond donors (Lipinski definition) is 0. The predicted molar refractivity (Wildman–Crippen MR) is 48.3 cm³/mol. The van der Waals surface area contributed by atoms with Gasteiger partial charge in [-0.1, -0.05) is 29.4 Å². The predicted octanol–water partition coefficient (Wildman–Crippen LogP) is 1.98. The van der Waals surface area contributed by atoms with Gasteiger partial charge in [0.1, 0.15) is 7.11 Å². The van der Waals surface area contributed by atoms with Gasteiger partial charge in [-0.3, -0.25) is 0 Å². The monoisotopic (exact) mass is 161 g/mol. The molecule has 0 bridgehead atoms. The van der Waals surface area contributed by atoms with Crippen molar-refractivity contribution in [3.8, 4) is 0 Å². The fourth-order valence-electron chi connectivity index (χ4n) is 1.61. The first-order valence-corrected chi connectivity index (χ1v) is 4.10. The molecule has 0 N–H and O–H groups in total. The van der Waals surface area contributed by atoms with E-state index in [-0.39, 0.29) is 0 Å². The molecule has 1 aromatic carbocycles. The molecule has 2 rings (SSSR count). The zero-order chi connectivity index (χ0) is 8.39. The van der Waals surface area contributed by atoms with Crippen molar-refractivity contribution in [1.82, 2.24) is 0 Å². The molecule has 2 nitrogen and oxygen atoms in total. The molecule has 0 atom stereocenters. The van der Waals surface area contributed by atoms with E-state index in [9.17, 15) is 0 Å². The van der Waals surface area contributed by atoms with Gasteiger partial charge in [0, 0.05) is 5.56 Å². The Balaban J connectivity index is 2.43. The third-order valence-electron chi connectivity index (χ3n) is 2.16. The maximum atomic E-state index is 4.77. The standard InChI is InChI=1S/C10H11NO/c1-12-11-10-7-6-8-4-2-3-5-9(8)10/h2-5H,6-7H2,1H3/b11-10+. The molecule has 62 valence electrons. The van der Waals surface area contributed by atoms with Crippen molar-refractivity contribution in [2.24, 2.45) is 5.16 Å². The lowest BCUT2D eigenvalue weighted by molar-refractivity contribution is 0.213. The van der Waals surface area contributed by atoms with Crippen LogP contribution in [0.5, 0.6) is 0 Å². The molecule has 1 aliphatic carbocycles. The normalized spacial score (nSPS) is 17.9. The summed E-state index contributed by atoms with van der Waals surface area (Å²) in [4.78, 5) is 4.77. The summed E-state index contributed by atoms with van der Waals surface area (Å²) >= 11 is 0. The molecule has 0 unspecified atom stereocenters. The van der Waals surface area contributed by atoms with Crippen LogP contribution in [0.2, 0.25) is 0 Å². The van der Waals surface area contributed by atoms with E-state index in [2.05, 4.69) is 23.4 Å². The van der Waals surface area contributed by atoms with Crippen LogP contribution in [-0.2, 0) is 11.3 Å². The summed E-state index contributed by atoms with van der Waals surface area (Å²) in [5, 5.41) is 3.98. The van der Waals surface area contributed by atoms with Gasteiger partial charge in [-0.05, 0) is 18.4 Å². The second kappa shape index (κ2) is 2.97. The van der Waals surface area contributed by atoms with E-state index in [1.807, 2.05) is 6.07 Å². The molecule has 0 aromatic heterocycles. The summed E-state index contributed by atoms with van der Waals surface area (Å²) in [6.07, 6.45) is 2.10. The van der Waals surface area contributed by atoms with E-state index in [1.54, 1.807) is 7.11 Å². The highest BCUT2D eigenvalue weighted by Crippen LogP contribution is 2.21.